The Kier molecular flexibility index (Phi) is 3.65. The molecule has 1 fully saturated rings. The van der Waals surface area contributed by atoms with Crippen molar-refractivity contribution in [2.24, 2.45) is 5.41 Å². The third-order valence-corrected chi connectivity index (χ3v) is 2.64. The Morgan fingerprint density at radius 1 is 1.33 bits per heavy atom. The molecule has 0 radical (unpaired) electrons. The van der Waals surface area contributed by atoms with Crippen LogP contribution in [0.3, 0.4) is 0 Å². The van der Waals surface area contributed by atoms with Gasteiger partial charge in [-0.3, -0.25) is 4.79 Å². The molecule has 0 unspecified atom stereocenters. The van der Waals surface area contributed by atoms with Gasteiger partial charge >= 0.3 is 12.3 Å². The van der Waals surface area contributed by atoms with Crippen LogP contribution in [0.4, 0.5) is 18.0 Å². The van der Waals surface area contributed by atoms with Gasteiger partial charge in [-0.25, -0.2) is 4.79 Å². The predicted octanol–water partition coefficient (Wildman–Crippen LogP) is 2.42. The number of hydrogen-bond acceptors (Lipinski definition) is 3. The van der Waals surface area contributed by atoms with Gasteiger partial charge in [0.25, 0.3) is 0 Å². The Bertz CT molecular complexity index is 350. The summed E-state index contributed by atoms with van der Waals surface area (Å²) in [6.07, 6.45) is -6.57. The number of alkyl halides is 3. The molecule has 4 nitrogen and oxygen atoms in total. The number of carbonyl (C=O) groups excluding carboxylic acids is 2. The summed E-state index contributed by atoms with van der Waals surface area (Å²) >= 11 is 0. The topological polar surface area (TPSA) is 55.4 Å². The Morgan fingerprint density at radius 3 is 2.17 bits per heavy atom. The molecule has 0 saturated heterocycles. The average molecular weight is 267 g/mol. The van der Waals surface area contributed by atoms with E-state index < -0.39 is 48.5 Å². The first-order chi connectivity index (χ1) is 7.95. The minimum Gasteiger partial charge on any atom is -0.444 e. The highest BCUT2D eigenvalue weighted by Crippen LogP contribution is 2.50. The lowest BCUT2D eigenvalue weighted by Gasteiger charge is -2.41. The maximum atomic E-state index is 12.8. The van der Waals surface area contributed by atoms with E-state index >= 15 is 0 Å². The van der Waals surface area contributed by atoms with E-state index in [9.17, 15) is 22.8 Å². The van der Waals surface area contributed by atoms with Crippen molar-refractivity contribution in [1.82, 2.24) is 5.32 Å². The fraction of sp³-hybridized carbons (Fsp3) is 0.818. The van der Waals surface area contributed by atoms with Crippen LogP contribution in [0.1, 0.15) is 33.6 Å². The summed E-state index contributed by atoms with van der Waals surface area (Å²) in [4.78, 5) is 22.1. The smallest absolute Gasteiger partial charge is 0.407 e. The standard InChI is InChI=1S/C11H16F3NO3/c1-9(2,3)18-8(17)15-6-10(11(12,13)14)4-7(16)5-10/h4-6H2,1-3H3,(H,15,17). The van der Waals surface area contributed by atoms with E-state index in [2.05, 4.69) is 5.32 Å². The zero-order chi connectivity index (χ0) is 14.2. The van der Waals surface area contributed by atoms with Crippen molar-refractivity contribution in [3.63, 3.8) is 0 Å². The molecule has 1 aliphatic carbocycles. The first-order valence-corrected chi connectivity index (χ1v) is 5.50. The first-order valence-electron chi connectivity index (χ1n) is 5.50. The Morgan fingerprint density at radius 2 is 1.83 bits per heavy atom. The van der Waals surface area contributed by atoms with Crippen LogP contribution >= 0.6 is 0 Å². The second-order valence-corrected chi connectivity index (χ2v) is 5.53. The van der Waals surface area contributed by atoms with Gasteiger partial charge in [-0.2, -0.15) is 13.2 Å². The van der Waals surface area contributed by atoms with Gasteiger partial charge in [-0.15, -0.1) is 0 Å². The molecule has 18 heavy (non-hydrogen) atoms. The summed E-state index contributed by atoms with van der Waals surface area (Å²) < 4.78 is 43.2. The maximum absolute atomic E-state index is 12.8. The number of amides is 1. The lowest BCUT2D eigenvalue weighted by Crippen LogP contribution is -2.56. The van der Waals surface area contributed by atoms with Gasteiger partial charge in [0.2, 0.25) is 0 Å². The molecule has 1 rings (SSSR count). The minimum atomic E-state index is -4.50. The summed E-state index contributed by atoms with van der Waals surface area (Å²) in [5, 5.41) is 2.08. The third-order valence-electron chi connectivity index (χ3n) is 2.64. The Hall–Kier alpha value is -1.27. The lowest BCUT2D eigenvalue weighted by atomic mass is 9.67. The molecule has 1 aliphatic rings. The Labute approximate surface area is 103 Å². The van der Waals surface area contributed by atoms with Crippen LogP contribution < -0.4 is 5.32 Å². The van der Waals surface area contributed by atoms with Crippen molar-refractivity contribution in [1.29, 1.82) is 0 Å². The number of rotatable bonds is 2. The molecular weight excluding hydrogens is 251 g/mol. The van der Waals surface area contributed by atoms with E-state index in [1.807, 2.05) is 0 Å². The average Bonchev–Trinajstić information content (AvgIpc) is 2.05. The second kappa shape index (κ2) is 4.44. The molecule has 0 aromatic carbocycles. The van der Waals surface area contributed by atoms with Gasteiger partial charge in [-0.05, 0) is 20.8 Å². The van der Waals surface area contributed by atoms with Gasteiger partial charge in [-0.1, -0.05) is 0 Å². The quantitative estimate of drug-likeness (QED) is 0.836. The molecule has 0 aromatic heterocycles. The van der Waals surface area contributed by atoms with E-state index in [1.165, 1.54) is 0 Å². The molecule has 0 spiro atoms. The molecule has 1 N–H and O–H groups in total. The number of alkyl carbamates (subject to hydrolysis) is 1. The lowest BCUT2D eigenvalue weighted by molar-refractivity contribution is -0.241. The van der Waals surface area contributed by atoms with Crippen LogP contribution in [-0.2, 0) is 9.53 Å². The number of carbonyl (C=O) groups is 2. The fourth-order valence-corrected chi connectivity index (χ4v) is 1.68. The molecule has 0 heterocycles. The molecule has 1 amide bonds. The highest BCUT2D eigenvalue weighted by Gasteiger charge is 2.62. The SMILES string of the molecule is CC(C)(C)OC(=O)NCC1(C(F)(F)F)CC(=O)C1. The van der Waals surface area contributed by atoms with Crippen LogP contribution in [-0.4, -0.2) is 30.2 Å². The van der Waals surface area contributed by atoms with Crippen LogP contribution in [0, 0.1) is 5.41 Å². The van der Waals surface area contributed by atoms with Crippen molar-refractivity contribution in [3.05, 3.63) is 0 Å². The van der Waals surface area contributed by atoms with Crippen molar-refractivity contribution in [2.45, 2.75) is 45.4 Å². The zero-order valence-electron chi connectivity index (χ0n) is 10.5. The van der Waals surface area contributed by atoms with Gasteiger partial charge < -0.3 is 10.1 Å². The van der Waals surface area contributed by atoms with E-state index in [1.54, 1.807) is 20.8 Å². The molecule has 0 atom stereocenters. The summed E-state index contributed by atoms with van der Waals surface area (Å²) in [5.74, 6) is -0.446. The van der Waals surface area contributed by atoms with Crippen molar-refractivity contribution >= 4 is 11.9 Å². The summed E-state index contributed by atoms with van der Waals surface area (Å²) in [6, 6.07) is 0. The maximum Gasteiger partial charge on any atom is 0.407 e. The van der Waals surface area contributed by atoms with Crippen molar-refractivity contribution in [3.8, 4) is 0 Å². The molecular formula is C11H16F3NO3. The van der Waals surface area contributed by atoms with E-state index in [4.69, 9.17) is 4.74 Å². The normalized spacial score (nSPS) is 19.1. The molecule has 1 saturated carbocycles. The highest BCUT2D eigenvalue weighted by molar-refractivity contribution is 5.86. The molecule has 104 valence electrons. The molecule has 0 aromatic rings. The van der Waals surface area contributed by atoms with Crippen LogP contribution in [0.15, 0.2) is 0 Å². The number of Topliss-reactive ketones (excluding diaryl/α,β-unsaturated/α-hetero) is 1. The zero-order valence-corrected chi connectivity index (χ0v) is 10.5. The largest absolute Gasteiger partial charge is 0.444 e. The van der Waals surface area contributed by atoms with Crippen LogP contribution in [0.5, 0.6) is 0 Å². The van der Waals surface area contributed by atoms with Gasteiger partial charge in [0.05, 0.1) is 5.41 Å². The second-order valence-electron chi connectivity index (χ2n) is 5.53. The third kappa shape index (κ3) is 3.36. The summed E-state index contributed by atoms with van der Waals surface area (Å²) in [5.41, 5.74) is -2.90. The van der Waals surface area contributed by atoms with E-state index in [0.29, 0.717) is 0 Å². The first kappa shape index (κ1) is 14.8. The minimum absolute atomic E-state index is 0.446. The van der Waals surface area contributed by atoms with E-state index in [-0.39, 0.29) is 0 Å². The van der Waals surface area contributed by atoms with E-state index in [0.717, 1.165) is 0 Å². The summed E-state index contributed by atoms with van der Waals surface area (Å²) in [6.45, 7) is 4.20. The molecule has 7 heteroatoms. The monoisotopic (exact) mass is 267 g/mol. The highest BCUT2D eigenvalue weighted by atomic mass is 19.4. The van der Waals surface area contributed by atoms with Crippen LogP contribution in [0.2, 0.25) is 0 Å². The number of ether oxygens (including phenoxy) is 1. The number of ketones is 1. The fourth-order valence-electron chi connectivity index (χ4n) is 1.68. The van der Waals surface area contributed by atoms with Crippen LogP contribution in [0.25, 0.3) is 0 Å². The van der Waals surface area contributed by atoms with Gasteiger partial charge in [0, 0.05) is 19.4 Å². The predicted molar refractivity (Wildman–Crippen MR) is 57.0 cm³/mol. The van der Waals surface area contributed by atoms with Gasteiger partial charge in [0.15, 0.2) is 0 Å². The number of halogens is 3. The molecule has 0 aliphatic heterocycles. The molecule has 0 bridgehead atoms. The summed E-state index contributed by atoms with van der Waals surface area (Å²) in [7, 11) is 0. The Balaban J connectivity index is 2.55. The van der Waals surface area contributed by atoms with Crippen molar-refractivity contribution < 1.29 is 27.5 Å². The van der Waals surface area contributed by atoms with Crippen molar-refractivity contribution in [2.75, 3.05) is 6.54 Å². The number of hydrogen-bond donors (Lipinski definition) is 1. The van der Waals surface area contributed by atoms with Gasteiger partial charge in [0.1, 0.15) is 11.4 Å². The number of nitrogens with one attached hydrogen (secondary N) is 1.